The van der Waals surface area contributed by atoms with Crippen LogP contribution in [-0.4, -0.2) is 36.5 Å². The number of nitrogens with one attached hydrogen (secondary N) is 1. The van der Waals surface area contributed by atoms with Crippen LogP contribution in [0.2, 0.25) is 0 Å². The molecule has 0 aromatic heterocycles. The Hall–Kier alpha value is -1.08. The third-order valence-electron chi connectivity index (χ3n) is 2.35. The van der Waals surface area contributed by atoms with Gasteiger partial charge in [-0.2, -0.15) is 5.26 Å². The van der Waals surface area contributed by atoms with Gasteiger partial charge in [-0.05, 0) is 13.3 Å². The molecule has 0 spiro atoms. The van der Waals surface area contributed by atoms with Gasteiger partial charge in [-0.1, -0.05) is 0 Å². The minimum atomic E-state index is -0.313. The Labute approximate surface area is 78.5 Å². The summed E-state index contributed by atoms with van der Waals surface area (Å²) in [7, 11) is 1.78. The molecular weight excluding hydrogens is 166 g/mol. The molecule has 1 N–H and O–H groups in total. The van der Waals surface area contributed by atoms with Crippen LogP contribution >= 0.6 is 0 Å². The molecule has 2 unspecified atom stereocenters. The molecule has 4 nitrogen and oxygen atoms in total. The number of nitrogens with zero attached hydrogens (tertiary/aromatic N) is 2. The van der Waals surface area contributed by atoms with Crippen LogP contribution in [0.5, 0.6) is 0 Å². The number of likely N-dealkylation sites (N-methyl/N-ethyl adjacent to an activating group) is 1. The van der Waals surface area contributed by atoms with E-state index in [1.54, 1.807) is 11.9 Å². The molecule has 4 heteroatoms. The maximum atomic E-state index is 11.6. The predicted octanol–water partition coefficient (Wildman–Crippen LogP) is 0.109. The van der Waals surface area contributed by atoms with Gasteiger partial charge >= 0.3 is 0 Å². The number of rotatable bonds is 1. The van der Waals surface area contributed by atoms with E-state index in [-0.39, 0.29) is 18.4 Å². The van der Waals surface area contributed by atoms with Gasteiger partial charge in [-0.3, -0.25) is 4.79 Å². The first-order valence-electron chi connectivity index (χ1n) is 4.53. The predicted molar refractivity (Wildman–Crippen MR) is 48.9 cm³/mol. The fourth-order valence-corrected chi connectivity index (χ4v) is 1.50. The van der Waals surface area contributed by atoms with Crippen LogP contribution < -0.4 is 5.32 Å². The fraction of sp³-hybridized carbons (Fsp3) is 0.778. The highest BCUT2D eigenvalue weighted by molar-refractivity contribution is 5.82. The summed E-state index contributed by atoms with van der Waals surface area (Å²) in [6.45, 7) is 2.81. The Bertz CT molecular complexity index is 234. The van der Waals surface area contributed by atoms with Crippen LogP contribution in [0.1, 0.15) is 19.8 Å². The van der Waals surface area contributed by atoms with Crippen LogP contribution in [0, 0.1) is 11.3 Å². The average molecular weight is 181 g/mol. The van der Waals surface area contributed by atoms with Gasteiger partial charge in [0.1, 0.15) is 6.04 Å². The monoisotopic (exact) mass is 181 g/mol. The number of hydrogen-bond donors (Lipinski definition) is 1. The summed E-state index contributed by atoms with van der Waals surface area (Å²) in [6.07, 6.45) is 1.21. The Morgan fingerprint density at radius 1 is 1.77 bits per heavy atom. The van der Waals surface area contributed by atoms with Crippen molar-refractivity contribution in [3.63, 3.8) is 0 Å². The smallest absolute Gasteiger partial charge is 0.240 e. The number of hydrogen-bond acceptors (Lipinski definition) is 3. The van der Waals surface area contributed by atoms with E-state index in [0.717, 1.165) is 13.0 Å². The molecule has 0 aromatic rings. The van der Waals surface area contributed by atoms with Crippen molar-refractivity contribution >= 4 is 5.91 Å². The molecule has 1 aliphatic heterocycles. The van der Waals surface area contributed by atoms with Crippen molar-refractivity contribution in [1.82, 2.24) is 10.2 Å². The molecule has 0 saturated carbocycles. The number of carbonyl (C=O) groups excluding carboxylic acids is 1. The van der Waals surface area contributed by atoms with Crippen molar-refractivity contribution in [2.24, 2.45) is 0 Å². The van der Waals surface area contributed by atoms with Crippen molar-refractivity contribution in [2.45, 2.75) is 31.8 Å². The van der Waals surface area contributed by atoms with E-state index >= 15 is 0 Å². The molecule has 1 saturated heterocycles. The molecule has 1 fully saturated rings. The first kappa shape index (κ1) is 10.0. The molecule has 0 bridgehead atoms. The van der Waals surface area contributed by atoms with Gasteiger partial charge in [0.05, 0.1) is 12.5 Å². The normalized spacial score (nSPS) is 29.6. The lowest BCUT2D eigenvalue weighted by Crippen LogP contribution is -2.43. The quantitative estimate of drug-likeness (QED) is 0.624. The minimum absolute atomic E-state index is 0.0332. The highest BCUT2D eigenvalue weighted by atomic mass is 16.2. The lowest BCUT2D eigenvalue weighted by Gasteiger charge is -2.18. The van der Waals surface area contributed by atoms with Crippen molar-refractivity contribution in [2.75, 3.05) is 13.6 Å². The summed E-state index contributed by atoms with van der Waals surface area (Å²) in [5.74, 6) is 0.0332. The third kappa shape index (κ3) is 2.43. The molecule has 0 aliphatic carbocycles. The van der Waals surface area contributed by atoms with Crippen molar-refractivity contribution in [1.29, 1.82) is 5.26 Å². The highest BCUT2D eigenvalue weighted by Gasteiger charge is 2.26. The zero-order valence-corrected chi connectivity index (χ0v) is 8.08. The van der Waals surface area contributed by atoms with Crippen LogP contribution in [-0.2, 0) is 4.79 Å². The molecule has 13 heavy (non-hydrogen) atoms. The van der Waals surface area contributed by atoms with Crippen LogP contribution in [0.15, 0.2) is 0 Å². The SMILES string of the molecule is CC1CCN(C)C(=O)C(CC#N)N1. The van der Waals surface area contributed by atoms with Crippen LogP contribution in [0.3, 0.4) is 0 Å². The van der Waals surface area contributed by atoms with E-state index < -0.39 is 0 Å². The largest absolute Gasteiger partial charge is 0.344 e. The summed E-state index contributed by atoms with van der Waals surface area (Å²) in [5, 5.41) is 11.7. The Kier molecular flexibility index (Phi) is 3.26. The maximum absolute atomic E-state index is 11.6. The molecule has 1 rings (SSSR count). The second kappa shape index (κ2) is 4.24. The summed E-state index contributed by atoms with van der Waals surface area (Å²) in [5.41, 5.74) is 0. The number of carbonyl (C=O) groups is 1. The van der Waals surface area contributed by atoms with Gasteiger partial charge < -0.3 is 10.2 Å². The Balaban J connectivity index is 2.68. The van der Waals surface area contributed by atoms with E-state index in [1.165, 1.54) is 0 Å². The van der Waals surface area contributed by atoms with Crippen molar-refractivity contribution < 1.29 is 4.79 Å². The lowest BCUT2D eigenvalue weighted by atomic mass is 10.2. The molecular formula is C9H15N3O. The second-order valence-corrected chi connectivity index (χ2v) is 3.53. The molecule has 2 atom stereocenters. The zero-order valence-electron chi connectivity index (χ0n) is 8.08. The zero-order chi connectivity index (χ0) is 9.84. The second-order valence-electron chi connectivity index (χ2n) is 3.53. The molecule has 0 radical (unpaired) electrons. The van der Waals surface area contributed by atoms with E-state index in [2.05, 4.69) is 5.32 Å². The topological polar surface area (TPSA) is 56.1 Å². The van der Waals surface area contributed by atoms with Gasteiger partial charge in [-0.15, -0.1) is 0 Å². The average Bonchev–Trinajstić information content (AvgIpc) is 2.21. The first-order valence-corrected chi connectivity index (χ1v) is 4.53. The summed E-state index contributed by atoms with van der Waals surface area (Å²) < 4.78 is 0. The molecule has 72 valence electrons. The molecule has 1 heterocycles. The van der Waals surface area contributed by atoms with Gasteiger partial charge in [0.2, 0.25) is 5.91 Å². The Morgan fingerprint density at radius 3 is 3.08 bits per heavy atom. The molecule has 1 amide bonds. The van der Waals surface area contributed by atoms with E-state index in [0.29, 0.717) is 6.04 Å². The van der Waals surface area contributed by atoms with E-state index in [1.807, 2.05) is 13.0 Å². The summed E-state index contributed by atoms with van der Waals surface area (Å²) in [4.78, 5) is 13.3. The minimum Gasteiger partial charge on any atom is -0.344 e. The standard InChI is InChI=1S/C9H15N3O/c1-7-4-6-12(2)9(13)8(11-7)3-5-10/h7-8,11H,3-4,6H2,1-2H3. The summed E-state index contributed by atoms with van der Waals surface area (Å²) >= 11 is 0. The third-order valence-corrected chi connectivity index (χ3v) is 2.35. The summed E-state index contributed by atoms with van der Waals surface area (Å²) in [6, 6.07) is 2.03. The van der Waals surface area contributed by atoms with Gasteiger partial charge in [0.25, 0.3) is 0 Å². The van der Waals surface area contributed by atoms with E-state index in [4.69, 9.17) is 5.26 Å². The van der Waals surface area contributed by atoms with Crippen molar-refractivity contribution in [3.8, 4) is 6.07 Å². The number of nitriles is 1. The van der Waals surface area contributed by atoms with Crippen LogP contribution in [0.25, 0.3) is 0 Å². The van der Waals surface area contributed by atoms with Crippen molar-refractivity contribution in [3.05, 3.63) is 0 Å². The number of amides is 1. The molecule has 0 aromatic carbocycles. The highest BCUT2D eigenvalue weighted by Crippen LogP contribution is 2.07. The maximum Gasteiger partial charge on any atom is 0.240 e. The van der Waals surface area contributed by atoms with Gasteiger partial charge in [-0.25, -0.2) is 0 Å². The molecule has 1 aliphatic rings. The van der Waals surface area contributed by atoms with Crippen LogP contribution in [0.4, 0.5) is 0 Å². The Morgan fingerprint density at radius 2 is 2.46 bits per heavy atom. The van der Waals surface area contributed by atoms with Gasteiger partial charge in [0, 0.05) is 19.6 Å². The van der Waals surface area contributed by atoms with Gasteiger partial charge in [0.15, 0.2) is 0 Å². The fourth-order valence-electron chi connectivity index (χ4n) is 1.50. The first-order chi connectivity index (χ1) is 6.15. The lowest BCUT2D eigenvalue weighted by molar-refractivity contribution is -0.131. The van der Waals surface area contributed by atoms with E-state index in [9.17, 15) is 4.79 Å².